The largest absolute Gasteiger partial charge is 0.489 e. The van der Waals surface area contributed by atoms with Crippen molar-refractivity contribution in [3.05, 3.63) is 65.5 Å². The summed E-state index contributed by atoms with van der Waals surface area (Å²) in [6.45, 7) is 4.63. The first-order valence-electron chi connectivity index (χ1n) is 8.86. The fraction of sp³-hybridized carbons (Fsp3) is 0.381. The molecule has 0 spiro atoms. The monoisotopic (exact) mass is 356 g/mol. The van der Waals surface area contributed by atoms with E-state index >= 15 is 0 Å². The highest BCUT2D eigenvalue weighted by atomic mass is 19.1. The quantitative estimate of drug-likeness (QED) is 0.762. The van der Waals surface area contributed by atoms with Gasteiger partial charge < -0.3 is 15.8 Å². The Morgan fingerprint density at radius 2 is 2.00 bits per heavy atom. The van der Waals surface area contributed by atoms with Gasteiger partial charge in [0.2, 0.25) is 5.91 Å². The number of amides is 1. The standard InChI is InChI=1S/C21H25FN2O2/c1-21(2,20(23)25)13-24-19-11-18(19)15-6-8-17(9-7-15)26-12-14-4-3-5-16(22)10-14/h3-10,18-19,24H,11-13H2,1-2H3,(H2,23,25)/t18?,19-/m0/s1. The molecular weight excluding hydrogens is 331 g/mol. The summed E-state index contributed by atoms with van der Waals surface area (Å²) in [6.07, 6.45) is 1.05. The maximum atomic E-state index is 13.2. The van der Waals surface area contributed by atoms with Crippen LogP contribution in [0.5, 0.6) is 5.75 Å². The number of carbonyl (C=O) groups excluding carboxylic acids is 1. The second-order valence-electron chi connectivity index (χ2n) is 7.57. The van der Waals surface area contributed by atoms with Crippen LogP contribution in [-0.4, -0.2) is 18.5 Å². The number of benzene rings is 2. The third-order valence-corrected chi connectivity index (χ3v) is 4.87. The number of hydrogen-bond donors (Lipinski definition) is 2. The number of ether oxygens (including phenoxy) is 1. The highest BCUT2D eigenvalue weighted by Gasteiger charge is 2.39. The van der Waals surface area contributed by atoms with Gasteiger partial charge in [-0.25, -0.2) is 4.39 Å². The predicted octanol–water partition coefficient (Wildman–Crippen LogP) is 3.36. The number of carbonyl (C=O) groups is 1. The summed E-state index contributed by atoms with van der Waals surface area (Å²) in [5.74, 6) is 0.671. The minimum absolute atomic E-state index is 0.256. The van der Waals surface area contributed by atoms with Crippen LogP contribution in [0.2, 0.25) is 0 Å². The molecule has 1 aliphatic carbocycles. The van der Waals surface area contributed by atoms with E-state index in [2.05, 4.69) is 17.4 Å². The smallest absolute Gasteiger partial charge is 0.224 e. The van der Waals surface area contributed by atoms with Crippen LogP contribution in [0.3, 0.4) is 0 Å². The zero-order valence-electron chi connectivity index (χ0n) is 15.2. The van der Waals surface area contributed by atoms with Gasteiger partial charge in [0.05, 0.1) is 5.41 Å². The summed E-state index contributed by atoms with van der Waals surface area (Å²) in [5.41, 5.74) is 6.92. The highest BCUT2D eigenvalue weighted by molar-refractivity contribution is 5.80. The SMILES string of the molecule is CC(C)(CN[C@H]1CC1c1ccc(OCc2cccc(F)c2)cc1)C(N)=O. The molecule has 1 aliphatic rings. The fourth-order valence-electron chi connectivity index (χ4n) is 2.87. The van der Waals surface area contributed by atoms with Crippen molar-refractivity contribution >= 4 is 5.91 Å². The predicted molar refractivity (Wildman–Crippen MR) is 99.3 cm³/mol. The molecule has 138 valence electrons. The lowest BCUT2D eigenvalue weighted by Gasteiger charge is -2.20. The maximum absolute atomic E-state index is 13.2. The normalized spacial score (nSPS) is 19.2. The highest BCUT2D eigenvalue weighted by Crippen LogP contribution is 2.41. The van der Waals surface area contributed by atoms with E-state index in [1.807, 2.05) is 32.0 Å². The van der Waals surface area contributed by atoms with E-state index in [0.717, 1.165) is 17.7 Å². The van der Waals surface area contributed by atoms with Gasteiger partial charge in [-0.15, -0.1) is 0 Å². The minimum Gasteiger partial charge on any atom is -0.489 e. The molecule has 1 amide bonds. The molecule has 1 saturated carbocycles. The topological polar surface area (TPSA) is 64.3 Å². The van der Waals surface area contributed by atoms with Crippen molar-refractivity contribution in [1.82, 2.24) is 5.32 Å². The van der Waals surface area contributed by atoms with Crippen LogP contribution in [0.25, 0.3) is 0 Å². The minimum atomic E-state index is -0.540. The number of hydrogen-bond acceptors (Lipinski definition) is 3. The van der Waals surface area contributed by atoms with Gasteiger partial charge in [-0.1, -0.05) is 24.3 Å². The van der Waals surface area contributed by atoms with Crippen LogP contribution >= 0.6 is 0 Å². The maximum Gasteiger partial charge on any atom is 0.224 e. The Labute approximate surface area is 153 Å². The molecule has 3 N–H and O–H groups in total. The Kier molecular flexibility index (Phi) is 5.28. The number of rotatable bonds is 8. The number of primary amides is 1. The molecule has 26 heavy (non-hydrogen) atoms. The number of halogens is 1. The first-order chi connectivity index (χ1) is 12.3. The zero-order valence-corrected chi connectivity index (χ0v) is 15.2. The van der Waals surface area contributed by atoms with Crippen molar-refractivity contribution in [2.75, 3.05) is 6.54 Å². The van der Waals surface area contributed by atoms with E-state index in [1.165, 1.54) is 17.7 Å². The number of nitrogens with one attached hydrogen (secondary N) is 1. The summed E-state index contributed by atoms with van der Waals surface area (Å²) in [7, 11) is 0. The molecule has 2 aromatic carbocycles. The molecule has 1 unspecified atom stereocenters. The van der Waals surface area contributed by atoms with Gasteiger partial charge in [0.1, 0.15) is 18.2 Å². The zero-order chi connectivity index (χ0) is 18.7. The lowest BCUT2D eigenvalue weighted by Crippen LogP contribution is -2.41. The molecule has 0 radical (unpaired) electrons. The molecule has 2 aromatic rings. The Hall–Kier alpha value is -2.40. The van der Waals surface area contributed by atoms with Crippen LogP contribution in [0, 0.1) is 11.2 Å². The molecule has 0 bridgehead atoms. The lowest BCUT2D eigenvalue weighted by molar-refractivity contribution is -0.125. The summed E-state index contributed by atoms with van der Waals surface area (Å²) in [6, 6.07) is 14.8. The summed E-state index contributed by atoms with van der Waals surface area (Å²) < 4.78 is 18.9. The Bertz CT molecular complexity index is 774. The third-order valence-electron chi connectivity index (χ3n) is 4.87. The van der Waals surface area contributed by atoms with Crippen LogP contribution in [-0.2, 0) is 11.4 Å². The van der Waals surface area contributed by atoms with Gasteiger partial charge >= 0.3 is 0 Å². The molecule has 0 aliphatic heterocycles. The average Bonchev–Trinajstić information content (AvgIpc) is 3.38. The summed E-state index contributed by atoms with van der Waals surface area (Å²) >= 11 is 0. The van der Waals surface area contributed by atoms with Crippen molar-refractivity contribution in [3.8, 4) is 5.75 Å². The van der Waals surface area contributed by atoms with Crippen LogP contribution < -0.4 is 15.8 Å². The van der Waals surface area contributed by atoms with Crippen molar-refractivity contribution in [1.29, 1.82) is 0 Å². The van der Waals surface area contributed by atoms with Gasteiger partial charge in [0, 0.05) is 18.5 Å². The second-order valence-corrected chi connectivity index (χ2v) is 7.57. The van der Waals surface area contributed by atoms with Gasteiger partial charge in [-0.2, -0.15) is 0 Å². The molecule has 0 aromatic heterocycles. The van der Waals surface area contributed by atoms with Crippen LogP contribution in [0.4, 0.5) is 4.39 Å². The first-order valence-corrected chi connectivity index (χ1v) is 8.86. The Morgan fingerprint density at radius 3 is 2.65 bits per heavy atom. The molecule has 3 rings (SSSR count). The van der Waals surface area contributed by atoms with E-state index in [0.29, 0.717) is 25.1 Å². The third kappa shape index (κ3) is 4.61. The van der Waals surface area contributed by atoms with E-state index in [-0.39, 0.29) is 11.7 Å². The van der Waals surface area contributed by atoms with Gasteiger partial charge in [-0.05, 0) is 55.7 Å². The average molecular weight is 356 g/mol. The van der Waals surface area contributed by atoms with Gasteiger partial charge in [0.15, 0.2) is 0 Å². The van der Waals surface area contributed by atoms with E-state index in [9.17, 15) is 9.18 Å². The molecule has 0 saturated heterocycles. The van der Waals surface area contributed by atoms with Crippen molar-refractivity contribution in [2.45, 2.75) is 38.8 Å². The Balaban J connectivity index is 1.49. The molecule has 4 nitrogen and oxygen atoms in total. The molecular formula is C21H25FN2O2. The van der Waals surface area contributed by atoms with Gasteiger partial charge in [0.25, 0.3) is 0 Å². The molecule has 0 heterocycles. The van der Waals surface area contributed by atoms with Crippen molar-refractivity contribution in [3.63, 3.8) is 0 Å². The van der Waals surface area contributed by atoms with Gasteiger partial charge in [-0.3, -0.25) is 4.79 Å². The fourth-order valence-corrected chi connectivity index (χ4v) is 2.87. The molecule has 2 atom stereocenters. The molecule has 5 heteroatoms. The molecule has 1 fully saturated rings. The summed E-state index contributed by atoms with van der Waals surface area (Å²) in [4.78, 5) is 11.4. The first kappa shape index (κ1) is 18.4. The van der Waals surface area contributed by atoms with E-state index < -0.39 is 5.41 Å². The van der Waals surface area contributed by atoms with Crippen LogP contribution in [0.1, 0.15) is 37.3 Å². The second kappa shape index (κ2) is 7.46. The van der Waals surface area contributed by atoms with Crippen LogP contribution in [0.15, 0.2) is 48.5 Å². The van der Waals surface area contributed by atoms with E-state index in [4.69, 9.17) is 10.5 Å². The summed E-state index contributed by atoms with van der Waals surface area (Å²) in [5, 5.41) is 3.43. The Morgan fingerprint density at radius 1 is 1.27 bits per heavy atom. The van der Waals surface area contributed by atoms with E-state index in [1.54, 1.807) is 6.07 Å². The number of nitrogens with two attached hydrogens (primary N) is 1. The van der Waals surface area contributed by atoms with Crippen molar-refractivity contribution in [2.24, 2.45) is 11.1 Å². The lowest BCUT2D eigenvalue weighted by atomic mass is 9.93. The van der Waals surface area contributed by atoms with Crippen molar-refractivity contribution < 1.29 is 13.9 Å².